The molecule has 11 aromatic rings. The Hall–Kier alpha value is -8.34. The third-order valence-corrected chi connectivity index (χ3v) is 18.8. The number of benzene rings is 10. The summed E-state index contributed by atoms with van der Waals surface area (Å²) < 4.78 is 14.3. The number of anilines is 3. The molecule has 0 aliphatic carbocycles. The van der Waals surface area contributed by atoms with Gasteiger partial charge in [-0.15, -0.1) is 0 Å². The maximum Gasteiger partial charge on any atom is 0.256 e. The van der Waals surface area contributed by atoms with Crippen LogP contribution in [0.3, 0.4) is 0 Å². The Balaban J connectivity index is 1.18. The van der Waals surface area contributed by atoms with E-state index in [1.165, 1.54) is 66.7 Å². The topological polar surface area (TPSA) is 25.6 Å². The minimum Gasteiger partial charge on any atom is -0.458 e. The van der Waals surface area contributed by atoms with Crippen molar-refractivity contribution in [2.24, 2.45) is 0 Å². The normalized spacial score (nSPS) is 13.6. The fourth-order valence-corrected chi connectivity index (χ4v) is 13.4. The van der Waals surface area contributed by atoms with Crippen molar-refractivity contribution in [3.63, 3.8) is 0 Å². The molecule has 0 fully saturated rings. The van der Waals surface area contributed by atoms with Crippen LogP contribution in [0.1, 0.15) is 158 Å². The van der Waals surface area contributed by atoms with Crippen molar-refractivity contribution in [2.45, 2.75) is 157 Å². The standard InChI is InChI=1S/C84H86BNO2/c1-79(2,3)58-38-54(39-59(48-58)80(4,5)6)52-34-36-70-68(44-52)85-69-45-53(55-40-60(81(7,8)9)49-61(41-55)82(10,11)12)35-37-73(69)88-75-47-56(51-26-20-19-21-27-51)46-71(77(75)85)86(70)78-64(57-42-62(83(13,14)15)50-63(43-57)84(16,17)18)29-24-31-66(78)65-30-25-33-74-76(65)67-28-22-23-32-72(67)87-74/h19-50H,1-18H3. The molecule has 2 aliphatic rings. The molecule has 4 heteroatoms. The second kappa shape index (κ2) is 20.6. The summed E-state index contributed by atoms with van der Waals surface area (Å²) in [5.74, 6) is 1.74. The summed E-state index contributed by atoms with van der Waals surface area (Å²) in [4.78, 5) is 2.64. The van der Waals surface area contributed by atoms with Gasteiger partial charge in [0.05, 0.1) is 5.69 Å². The summed E-state index contributed by atoms with van der Waals surface area (Å²) in [7, 11) is 0. The lowest BCUT2D eigenvalue weighted by Crippen LogP contribution is -2.59. The Morgan fingerprint density at radius 2 is 0.761 bits per heavy atom. The van der Waals surface area contributed by atoms with Gasteiger partial charge in [-0.25, -0.2) is 0 Å². The van der Waals surface area contributed by atoms with Crippen LogP contribution in [-0.2, 0) is 32.5 Å². The number of furan rings is 1. The number of rotatable bonds is 6. The average Bonchev–Trinajstić information content (AvgIpc) is 0.892. The van der Waals surface area contributed by atoms with Crippen molar-refractivity contribution < 1.29 is 9.15 Å². The molecule has 0 N–H and O–H groups in total. The van der Waals surface area contributed by atoms with Gasteiger partial charge in [-0.1, -0.05) is 282 Å². The van der Waals surface area contributed by atoms with E-state index in [0.717, 1.165) is 89.2 Å². The van der Waals surface area contributed by atoms with E-state index in [2.05, 4.69) is 324 Å². The van der Waals surface area contributed by atoms with Gasteiger partial charge in [0.15, 0.2) is 0 Å². The second-order valence-corrected chi connectivity index (χ2v) is 31.5. The van der Waals surface area contributed by atoms with Crippen molar-refractivity contribution in [1.82, 2.24) is 0 Å². The third kappa shape index (κ3) is 10.5. The monoisotopic (exact) mass is 1150 g/mol. The molecule has 3 heterocycles. The molecule has 0 saturated heterocycles. The minimum absolute atomic E-state index is 0.0509. The molecule has 0 spiro atoms. The van der Waals surface area contributed by atoms with E-state index in [-0.39, 0.29) is 39.2 Å². The van der Waals surface area contributed by atoms with Gasteiger partial charge < -0.3 is 14.1 Å². The van der Waals surface area contributed by atoms with E-state index < -0.39 is 0 Å². The summed E-state index contributed by atoms with van der Waals surface area (Å²) >= 11 is 0. The third-order valence-electron chi connectivity index (χ3n) is 18.8. The van der Waals surface area contributed by atoms with Crippen LogP contribution in [0.5, 0.6) is 11.5 Å². The summed E-state index contributed by atoms with van der Waals surface area (Å²) in [6.07, 6.45) is 0. The summed E-state index contributed by atoms with van der Waals surface area (Å²) in [5.41, 5.74) is 27.6. The SMILES string of the molecule is CC(C)(C)c1cc(-c2ccc3c(c2)B2c4cc(-c5cc(C(C)(C)C)cc(C(C)(C)C)c5)ccc4N(c4c(-c5cc(C(C)(C)C)cc(C(C)(C)C)c5)cccc4-c4cccc5oc6ccccc6c45)c4cc(-c5ccccc5)cc(c42)O3)cc(C(C)(C)C)c1. The molecule has 0 radical (unpaired) electrons. The molecule has 1 aromatic heterocycles. The molecular formula is C84H86BNO2. The van der Waals surface area contributed by atoms with Crippen LogP contribution in [0.4, 0.5) is 17.1 Å². The maximum absolute atomic E-state index is 7.55. The summed E-state index contributed by atoms with van der Waals surface area (Å²) in [6, 6.07) is 74.1. The molecule has 442 valence electrons. The molecule has 3 nitrogen and oxygen atoms in total. The highest BCUT2D eigenvalue weighted by Crippen LogP contribution is 2.53. The van der Waals surface area contributed by atoms with Crippen LogP contribution in [0.2, 0.25) is 0 Å². The average molecular weight is 1150 g/mol. The van der Waals surface area contributed by atoms with Gasteiger partial charge in [0.2, 0.25) is 0 Å². The van der Waals surface area contributed by atoms with Crippen LogP contribution in [0, 0.1) is 0 Å². The Morgan fingerprint density at radius 3 is 1.32 bits per heavy atom. The first kappa shape index (κ1) is 58.7. The molecule has 88 heavy (non-hydrogen) atoms. The quantitative estimate of drug-likeness (QED) is 0.155. The van der Waals surface area contributed by atoms with Gasteiger partial charge in [-0.05, 0) is 163 Å². The first-order chi connectivity index (χ1) is 41.4. The van der Waals surface area contributed by atoms with E-state index in [0.29, 0.717) is 0 Å². The zero-order valence-electron chi connectivity index (χ0n) is 55.3. The molecule has 0 unspecified atom stereocenters. The molecule has 2 aliphatic heterocycles. The Kier molecular flexibility index (Phi) is 13.8. The highest BCUT2D eigenvalue weighted by atomic mass is 16.5. The van der Waals surface area contributed by atoms with Crippen molar-refractivity contribution in [3.8, 4) is 67.1 Å². The van der Waals surface area contributed by atoms with Gasteiger partial charge >= 0.3 is 0 Å². The van der Waals surface area contributed by atoms with E-state index in [9.17, 15) is 0 Å². The van der Waals surface area contributed by atoms with E-state index in [1.54, 1.807) is 0 Å². The smallest absolute Gasteiger partial charge is 0.256 e. The van der Waals surface area contributed by atoms with E-state index >= 15 is 0 Å². The number of hydrogen-bond donors (Lipinski definition) is 0. The fourth-order valence-electron chi connectivity index (χ4n) is 13.4. The number of ether oxygens (including phenoxy) is 1. The lowest BCUT2D eigenvalue weighted by molar-refractivity contribution is 0.488. The number of fused-ring (bicyclic) bond motifs is 7. The Bertz CT molecular complexity index is 4490. The van der Waals surface area contributed by atoms with Crippen molar-refractivity contribution >= 4 is 62.1 Å². The van der Waals surface area contributed by atoms with E-state index in [1.807, 2.05) is 0 Å². The largest absolute Gasteiger partial charge is 0.458 e. The fraction of sp³-hybridized carbons (Fsp3) is 0.286. The number of nitrogens with zero attached hydrogens (tertiary/aromatic N) is 1. The lowest BCUT2D eigenvalue weighted by atomic mass is 9.34. The van der Waals surface area contributed by atoms with Crippen molar-refractivity contribution in [2.75, 3.05) is 4.90 Å². The van der Waals surface area contributed by atoms with Crippen molar-refractivity contribution in [1.29, 1.82) is 0 Å². The molecule has 10 aromatic carbocycles. The van der Waals surface area contributed by atoms with Crippen molar-refractivity contribution in [3.05, 3.63) is 228 Å². The van der Waals surface area contributed by atoms with Gasteiger partial charge in [-0.3, -0.25) is 0 Å². The molecule has 0 bridgehead atoms. The molecular weight excluding hydrogens is 1070 g/mol. The molecule has 0 amide bonds. The first-order valence-corrected chi connectivity index (χ1v) is 31.9. The Morgan fingerprint density at radius 1 is 0.307 bits per heavy atom. The lowest BCUT2D eigenvalue weighted by Gasteiger charge is -2.42. The van der Waals surface area contributed by atoms with Gasteiger partial charge in [-0.2, -0.15) is 0 Å². The highest BCUT2D eigenvalue weighted by Gasteiger charge is 2.44. The van der Waals surface area contributed by atoms with Gasteiger partial charge in [0.1, 0.15) is 22.7 Å². The summed E-state index contributed by atoms with van der Waals surface area (Å²) in [5, 5.41) is 2.20. The van der Waals surface area contributed by atoms with Crippen LogP contribution in [0.25, 0.3) is 77.6 Å². The van der Waals surface area contributed by atoms with Crippen LogP contribution >= 0.6 is 0 Å². The molecule has 0 atom stereocenters. The first-order valence-electron chi connectivity index (χ1n) is 31.9. The van der Waals surface area contributed by atoms with E-state index in [4.69, 9.17) is 9.15 Å². The van der Waals surface area contributed by atoms with Crippen LogP contribution in [-0.4, -0.2) is 6.71 Å². The van der Waals surface area contributed by atoms with Crippen LogP contribution in [0.15, 0.2) is 199 Å². The predicted molar refractivity (Wildman–Crippen MR) is 379 cm³/mol. The predicted octanol–water partition coefficient (Wildman–Crippen LogP) is 22.1. The molecule has 0 saturated carbocycles. The number of para-hydroxylation sites is 2. The highest BCUT2D eigenvalue weighted by molar-refractivity contribution is 6.99. The zero-order valence-corrected chi connectivity index (χ0v) is 55.3. The van der Waals surface area contributed by atoms with Crippen LogP contribution < -0.4 is 26.0 Å². The zero-order chi connectivity index (χ0) is 62.4. The number of hydrogen-bond acceptors (Lipinski definition) is 3. The molecule has 13 rings (SSSR count). The maximum atomic E-state index is 7.55. The summed E-state index contributed by atoms with van der Waals surface area (Å²) in [6.45, 7) is 41.9. The second-order valence-electron chi connectivity index (χ2n) is 31.5. The minimum atomic E-state index is -0.209. The van der Waals surface area contributed by atoms with Gasteiger partial charge in [0.25, 0.3) is 6.71 Å². The Labute approximate surface area is 524 Å². The van der Waals surface area contributed by atoms with Gasteiger partial charge in [0, 0.05) is 33.3 Å².